The van der Waals surface area contributed by atoms with Crippen molar-refractivity contribution in [1.29, 1.82) is 0 Å². The first-order valence-corrected chi connectivity index (χ1v) is 9.94. The van der Waals surface area contributed by atoms with Crippen LogP contribution in [0.15, 0.2) is 36.4 Å². The highest BCUT2D eigenvalue weighted by Gasteiger charge is 2.23. The summed E-state index contributed by atoms with van der Waals surface area (Å²) in [5.41, 5.74) is 3.38. The average Bonchev–Trinajstić information content (AvgIpc) is 2.93. The van der Waals surface area contributed by atoms with E-state index in [1.807, 2.05) is 32.9 Å². The SMILES string of the molecule is CC[C@@H](C)OC(=O)Cc1c(C)n(C(=O)c2ccc(C)cc2)c2cc(Cl)c(O)cc12. The van der Waals surface area contributed by atoms with Crippen molar-refractivity contribution >= 4 is 34.4 Å². The van der Waals surface area contributed by atoms with Gasteiger partial charge in [-0.2, -0.15) is 0 Å². The Kier molecular flexibility index (Phi) is 5.99. The van der Waals surface area contributed by atoms with E-state index < -0.39 is 0 Å². The highest BCUT2D eigenvalue weighted by atomic mass is 35.5. The number of nitrogens with zero attached hydrogens (tertiary/aromatic N) is 1. The number of halogens is 1. The van der Waals surface area contributed by atoms with Crippen LogP contribution in [-0.4, -0.2) is 27.7 Å². The lowest BCUT2D eigenvalue weighted by Crippen LogP contribution is -2.17. The summed E-state index contributed by atoms with van der Waals surface area (Å²) >= 11 is 6.12. The van der Waals surface area contributed by atoms with Gasteiger partial charge < -0.3 is 9.84 Å². The quantitative estimate of drug-likeness (QED) is 0.584. The van der Waals surface area contributed by atoms with Crippen LogP contribution in [0.25, 0.3) is 10.9 Å². The molecule has 5 nitrogen and oxygen atoms in total. The number of esters is 1. The van der Waals surface area contributed by atoms with Crippen molar-refractivity contribution in [2.45, 2.75) is 46.6 Å². The summed E-state index contributed by atoms with van der Waals surface area (Å²) < 4.78 is 6.95. The first kappa shape index (κ1) is 20.9. The molecule has 0 saturated carbocycles. The van der Waals surface area contributed by atoms with Gasteiger partial charge in [-0.3, -0.25) is 14.2 Å². The van der Waals surface area contributed by atoms with Gasteiger partial charge in [0.05, 0.1) is 23.1 Å². The van der Waals surface area contributed by atoms with E-state index in [0.29, 0.717) is 27.7 Å². The van der Waals surface area contributed by atoms with Crippen molar-refractivity contribution in [2.24, 2.45) is 0 Å². The molecular weight excluding hydrogens is 390 g/mol. The zero-order chi connectivity index (χ0) is 21.3. The number of aromatic nitrogens is 1. The lowest BCUT2D eigenvalue weighted by Gasteiger charge is -2.11. The van der Waals surface area contributed by atoms with Crippen LogP contribution in [0, 0.1) is 13.8 Å². The Morgan fingerprint density at radius 3 is 2.45 bits per heavy atom. The Morgan fingerprint density at radius 1 is 1.17 bits per heavy atom. The van der Waals surface area contributed by atoms with Gasteiger partial charge >= 0.3 is 5.97 Å². The minimum absolute atomic E-state index is 0.00191. The Balaban J connectivity index is 2.13. The maximum Gasteiger partial charge on any atom is 0.310 e. The standard InChI is InChI=1S/C23H24ClNO4/c1-5-14(3)29-22(27)11-17-15(4)25(20-12-19(24)21(26)10-18(17)20)23(28)16-8-6-13(2)7-9-16/h6-10,12,14,26H,5,11H2,1-4H3/t14-/m1/s1. The minimum atomic E-state index is -0.376. The largest absolute Gasteiger partial charge is 0.506 e. The third-order valence-corrected chi connectivity index (χ3v) is 5.44. The molecule has 0 bridgehead atoms. The number of benzene rings is 2. The number of phenolic OH excluding ortho intramolecular Hbond substituents is 1. The van der Waals surface area contributed by atoms with Crippen molar-refractivity contribution in [3.8, 4) is 5.75 Å². The van der Waals surface area contributed by atoms with Gasteiger partial charge in [0.25, 0.3) is 5.91 Å². The fourth-order valence-electron chi connectivity index (χ4n) is 3.29. The van der Waals surface area contributed by atoms with Crippen LogP contribution < -0.4 is 0 Å². The van der Waals surface area contributed by atoms with Crippen molar-refractivity contribution in [2.75, 3.05) is 0 Å². The highest BCUT2D eigenvalue weighted by molar-refractivity contribution is 6.33. The summed E-state index contributed by atoms with van der Waals surface area (Å²) in [5.74, 6) is -0.704. The van der Waals surface area contributed by atoms with E-state index in [4.69, 9.17) is 16.3 Å². The smallest absolute Gasteiger partial charge is 0.310 e. The van der Waals surface area contributed by atoms with Crippen molar-refractivity contribution in [1.82, 2.24) is 4.57 Å². The number of carbonyl (C=O) groups is 2. The topological polar surface area (TPSA) is 68.5 Å². The number of carbonyl (C=O) groups excluding carboxylic acids is 2. The lowest BCUT2D eigenvalue weighted by molar-refractivity contribution is -0.147. The van der Waals surface area contributed by atoms with Gasteiger partial charge in [0.15, 0.2) is 0 Å². The van der Waals surface area contributed by atoms with Crippen molar-refractivity contribution < 1.29 is 19.4 Å². The predicted molar refractivity (Wildman–Crippen MR) is 114 cm³/mol. The van der Waals surface area contributed by atoms with Crippen LogP contribution in [0.2, 0.25) is 5.02 Å². The van der Waals surface area contributed by atoms with Gasteiger partial charge in [-0.05, 0) is 57.0 Å². The molecule has 0 aliphatic heterocycles. The zero-order valence-electron chi connectivity index (χ0n) is 17.0. The van der Waals surface area contributed by atoms with Crippen LogP contribution in [0.4, 0.5) is 0 Å². The molecule has 0 aliphatic rings. The maximum absolute atomic E-state index is 13.3. The Labute approximate surface area is 174 Å². The molecule has 0 saturated heterocycles. The molecule has 29 heavy (non-hydrogen) atoms. The van der Waals surface area contributed by atoms with E-state index in [0.717, 1.165) is 12.0 Å². The highest BCUT2D eigenvalue weighted by Crippen LogP contribution is 2.35. The summed E-state index contributed by atoms with van der Waals surface area (Å²) in [6.45, 7) is 7.51. The van der Waals surface area contributed by atoms with E-state index in [-0.39, 0.29) is 35.2 Å². The monoisotopic (exact) mass is 413 g/mol. The normalized spacial score (nSPS) is 12.2. The van der Waals surface area contributed by atoms with Gasteiger partial charge in [-0.25, -0.2) is 0 Å². The van der Waals surface area contributed by atoms with Crippen molar-refractivity contribution in [3.63, 3.8) is 0 Å². The molecule has 0 fully saturated rings. The van der Waals surface area contributed by atoms with Gasteiger partial charge in [0, 0.05) is 16.6 Å². The molecule has 0 radical (unpaired) electrons. The second kappa shape index (κ2) is 8.29. The Morgan fingerprint density at radius 2 is 1.83 bits per heavy atom. The third-order valence-electron chi connectivity index (χ3n) is 5.13. The number of hydrogen-bond donors (Lipinski definition) is 1. The molecule has 3 rings (SSSR count). The molecule has 1 heterocycles. The fraction of sp³-hybridized carbons (Fsp3) is 0.304. The van der Waals surface area contributed by atoms with Crippen molar-refractivity contribution in [3.05, 3.63) is 63.8 Å². The van der Waals surface area contributed by atoms with Crippen LogP contribution in [0.3, 0.4) is 0 Å². The number of ether oxygens (including phenoxy) is 1. The van der Waals surface area contributed by atoms with Crippen LogP contribution in [-0.2, 0) is 16.0 Å². The summed E-state index contributed by atoms with van der Waals surface area (Å²) in [6.07, 6.45) is 0.532. The minimum Gasteiger partial charge on any atom is -0.506 e. The molecule has 1 atom stereocenters. The zero-order valence-corrected chi connectivity index (χ0v) is 17.7. The third kappa shape index (κ3) is 4.15. The van der Waals surface area contributed by atoms with E-state index in [1.54, 1.807) is 25.1 Å². The summed E-state index contributed by atoms with van der Waals surface area (Å²) in [4.78, 5) is 25.7. The molecule has 1 N–H and O–H groups in total. The molecule has 0 aliphatic carbocycles. The lowest BCUT2D eigenvalue weighted by atomic mass is 10.1. The average molecular weight is 414 g/mol. The Bertz CT molecular complexity index is 1080. The van der Waals surface area contributed by atoms with Gasteiger partial charge in [-0.1, -0.05) is 36.2 Å². The molecule has 2 aromatic carbocycles. The van der Waals surface area contributed by atoms with E-state index in [2.05, 4.69) is 0 Å². The fourth-order valence-corrected chi connectivity index (χ4v) is 3.45. The second-order valence-electron chi connectivity index (χ2n) is 7.28. The van der Waals surface area contributed by atoms with Gasteiger partial charge in [-0.15, -0.1) is 0 Å². The predicted octanol–water partition coefficient (Wildman–Crippen LogP) is 5.19. The Hall–Kier alpha value is -2.79. The molecule has 6 heteroatoms. The number of aryl methyl sites for hydroxylation is 1. The van der Waals surface area contributed by atoms with Crippen LogP contribution >= 0.6 is 11.6 Å². The molecule has 0 spiro atoms. The number of aromatic hydroxyl groups is 1. The molecule has 1 aromatic heterocycles. The molecule has 0 amide bonds. The summed E-state index contributed by atoms with van der Waals surface area (Å²) in [5, 5.41) is 10.8. The maximum atomic E-state index is 13.3. The van der Waals surface area contributed by atoms with Crippen LogP contribution in [0.5, 0.6) is 5.75 Å². The van der Waals surface area contributed by atoms with Crippen LogP contribution in [0.1, 0.15) is 47.4 Å². The number of fused-ring (bicyclic) bond motifs is 1. The van der Waals surface area contributed by atoms with E-state index in [1.165, 1.54) is 10.6 Å². The molecule has 0 unspecified atom stereocenters. The number of hydrogen-bond acceptors (Lipinski definition) is 4. The van der Waals surface area contributed by atoms with Gasteiger partial charge in [0.1, 0.15) is 5.75 Å². The van der Waals surface area contributed by atoms with E-state index in [9.17, 15) is 14.7 Å². The second-order valence-corrected chi connectivity index (χ2v) is 7.68. The molecular formula is C23H24ClNO4. The molecule has 3 aromatic rings. The van der Waals surface area contributed by atoms with Gasteiger partial charge in [0.2, 0.25) is 0 Å². The molecule has 152 valence electrons. The first-order valence-electron chi connectivity index (χ1n) is 9.56. The summed E-state index contributed by atoms with van der Waals surface area (Å²) in [7, 11) is 0. The van der Waals surface area contributed by atoms with E-state index >= 15 is 0 Å². The number of rotatable bonds is 5. The number of phenols is 1. The first-order chi connectivity index (χ1) is 13.7. The summed E-state index contributed by atoms with van der Waals surface area (Å²) in [6, 6.07) is 10.3.